The Bertz CT molecular complexity index is 574. The molecule has 0 unspecified atom stereocenters. The summed E-state index contributed by atoms with van der Waals surface area (Å²) in [5.41, 5.74) is 3.01. The van der Waals surface area contributed by atoms with Crippen molar-refractivity contribution in [3.8, 4) is 28.4 Å². The predicted molar refractivity (Wildman–Crippen MR) is 66.3 cm³/mol. The molecule has 0 aliphatic rings. The van der Waals surface area contributed by atoms with E-state index in [1.54, 1.807) is 24.3 Å². The van der Waals surface area contributed by atoms with Crippen LogP contribution in [0.15, 0.2) is 30.3 Å². The number of phenols is 3. The summed E-state index contributed by atoms with van der Waals surface area (Å²) in [6.07, 6.45) is 0. The Morgan fingerprint density at radius 2 is 1.41 bits per heavy atom. The van der Waals surface area contributed by atoms with E-state index in [4.69, 9.17) is 0 Å². The standard InChI is InChI=1S/C14H14O3/c1-8-9(2)12(15)7-6-10(8)11-4-3-5-13(16)14(11)17/h3-7,15-17H,1-2H3. The fourth-order valence-corrected chi connectivity index (χ4v) is 1.85. The lowest BCUT2D eigenvalue weighted by molar-refractivity contribution is 0.405. The van der Waals surface area contributed by atoms with Gasteiger partial charge < -0.3 is 15.3 Å². The van der Waals surface area contributed by atoms with Crippen molar-refractivity contribution < 1.29 is 15.3 Å². The molecule has 2 aromatic rings. The molecule has 0 aromatic heterocycles. The van der Waals surface area contributed by atoms with E-state index < -0.39 is 0 Å². The Morgan fingerprint density at radius 3 is 2.12 bits per heavy atom. The van der Waals surface area contributed by atoms with Crippen LogP contribution in [0.1, 0.15) is 11.1 Å². The van der Waals surface area contributed by atoms with Crippen LogP contribution in [0, 0.1) is 13.8 Å². The van der Waals surface area contributed by atoms with Crippen molar-refractivity contribution >= 4 is 0 Å². The summed E-state index contributed by atoms with van der Waals surface area (Å²) in [6.45, 7) is 3.68. The van der Waals surface area contributed by atoms with Gasteiger partial charge in [0.2, 0.25) is 0 Å². The maximum absolute atomic E-state index is 9.82. The first kappa shape index (κ1) is 11.3. The fraction of sp³-hybridized carbons (Fsp3) is 0.143. The van der Waals surface area contributed by atoms with E-state index in [0.29, 0.717) is 5.56 Å². The summed E-state index contributed by atoms with van der Waals surface area (Å²) < 4.78 is 0. The molecule has 0 aliphatic carbocycles. The topological polar surface area (TPSA) is 60.7 Å². The van der Waals surface area contributed by atoms with Crippen molar-refractivity contribution in [3.05, 3.63) is 41.5 Å². The first-order valence-corrected chi connectivity index (χ1v) is 5.33. The fourth-order valence-electron chi connectivity index (χ4n) is 1.85. The highest BCUT2D eigenvalue weighted by atomic mass is 16.3. The maximum atomic E-state index is 9.82. The molecule has 0 saturated heterocycles. The van der Waals surface area contributed by atoms with Crippen molar-refractivity contribution in [3.63, 3.8) is 0 Å². The number of phenolic OH excluding ortho intramolecular Hbond substituents is 3. The molecule has 3 heteroatoms. The molecule has 88 valence electrons. The van der Waals surface area contributed by atoms with Gasteiger partial charge >= 0.3 is 0 Å². The molecule has 0 heterocycles. The van der Waals surface area contributed by atoms with Gasteiger partial charge in [0.1, 0.15) is 5.75 Å². The molecule has 0 atom stereocenters. The van der Waals surface area contributed by atoms with Crippen LogP contribution >= 0.6 is 0 Å². The monoisotopic (exact) mass is 230 g/mol. The van der Waals surface area contributed by atoms with E-state index in [1.165, 1.54) is 6.07 Å². The average molecular weight is 230 g/mol. The molecule has 2 aromatic carbocycles. The Balaban J connectivity index is 2.69. The highest BCUT2D eigenvalue weighted by Gasteiger charge is 2.12. The van der Waals surface area contributed by atoms with E-state index >= 15 is 0 Å². The van der Waals surface area contributed by atoms with Crippen molar-refractivity contribution in [2.45, 2.75) is 13.8 Å². The van der Waals surface area contributed by atoms with Crippen LogP contribution in [0.5, 0.6) is 17.2 Å². The Labute approximate surface area is 99.6 Å². The van der Waals surface area contributed by atoms with Gasteiger partial charge in [0.15, 0.2) is 11.5 Å². The molecule has 0 aliphatic heterocycles. The molecule has 0 bridgehead atoms. The number of para-hydroxylation sites is 1. The first-order valence-electron chi connectivity index (χ1n) is 5.33. The van der Waals surface area contributed by atoms with Crippen LogP contribution in [0.2, 0.25) is 0 Å². The third kappa shape index (κ3) is 1.80. The van der Waals surface area contributed by atoms with Gasteiger partial charge in [0.25, 0.3) is 0 Å². The quantitative estimate of drug-likeness (QED) is 0.660. The predicted octanol–water partition coefficient (Wildman–Crippen LogP) is 3.09. The number of aromatic hydroxyl groups is 3. The number of rotatable bonds is 1. The van der Waals surface area contributed by atoms with Gasteiger partial charge in [0.05, 0.1) is 0 Å². The molecule has 2 rings (SSSR count). The summed E-state index contributed by atoms with van der Waals surface area (Å²) in [7, 11) is 0. The van der Waals surface area contributed by atoms with Crippen molar-refractivity contribution in [2.75, 3.05) is 0 Å². The molecular weight excluding hydrogens is 216 g/mol. The average Bonchev–Trinajstić information content (AvgIpc) is 2.31. The van der Waals surface area contributed by atoms with Gasteiger partial charge in [-0.2, -0.15) is 0 Å². The highest BCUT2D eigenvalue weighted by Crippen LogP contribution is 2.39. The molecule has 0 saturated carbocycles. The normalized spacial score (nSPS) is 10.5. The minimum absolute atomic E-state index is 0.138. The molecule has 0 radical (unpaired) electrons. The van der Waals surface area contributed by atoms with Crippen LogP contribution in [0.3, 0.4) is 0 Å². The lowest BCUT2D eigenvalue weighted by Gasteiger charge is -2.12. The van der Waals surface area contributed by atoms with E-state index in [-0.39, 0.29) is 17.2 Å². The van der Waals surface area contributed by atoms with Gasteiger partial charge in [-0.15, -0.1) is 0 Å². The number of benzene rings is 2. The lowest BCUT2D eigenvalue weighted by atomic mass is 9.95. The zero-order valence-corrected chi connectivity index (χ0v) is 9.73. The van der Waals surface area contributed by atoms with Gasteiger partial charge in [-0.3, -0.25) is 0 Å². The van der Waals surface area contributed by atoms with Gasteiger partial charge in [0, 0.05) is 5.56 Å². The Kier molecular flexibility index (Phi) is 2.68. The highest BCUT2D eigenvalue weighted by molar-refractivity contribution is 5.77. The van der Waals surface area contributed by atoms with E-state index in [0.717, 1.165) is 16.7 Å². The second kappa shape index (κ2) is 4.01. The third-order valence-corrected chi connectivity index (χ3v) is 3.06. The molecule has 0 spiro atoms. The van der Waals surface area contributed by atoms with Crippen LogP contribution in [0.4, 0.5) is 0 Å². The van der Waals surface area contributed by atoms with Crippen LogP contribution in [-0.4, -0.2) is 15.3 Å². The van der Waals surface area contributed by atoms with Gasteiger partial charge in [-0.25, -0.2) is 0 Å². The molecule has 0 fully saturated rings. The largest absolute Gasteiger partial charge is 0.508 e. The summed E-state index contributed by atoms with van der Waals surface area (Å²) in [6, 6.07) is 8.15. The van der Waals surface area contributed by atoms with Crippen LogP contribution in [0.25, 0.3) is 11.1 Å². The Hall–Kier alpha value is -2.16. The van der Waals surface area contributed by atoms with E-state index in [1.807, 2.05) is 13.8 Å². The van der Waals surface area contributed by atoms with Crippen molar-refractivity contribution in [1.82, 2.24) is 0 Å². The SMILES string of the molecule is Cc1c(O)ccc(-c2cccc(O)c2O)c1C. The zero-order chi connectivity index (χ0) is 12.6. The summed E-state index contributed by atoms with van der Waals surface area (Å²) in [5.74, 6) is -0.0563. The second-order valence-corrected chi connectivity index (χ2v) is 4.06. The molecular formula is C14H14O3. The van der Waals surface area contributed by atoms with Crippen molar-refractivity contribution in [2.24, 2.45) is 0 Å². The molecule has 3 N–H and O–H groups in total. The first-order chi connectivity index (χ1) is 8.02. The van der Waals surface area contributed by atoms with Crippen LogP contribution < -0.4 is 0 Å². The van der Waals surface area contributed by atoms with Crippen LogP contribution in [-0.2, 0) is 0 Å². The zero-order valence-electron chi connectivity index (χ0n) is 9.73. The van der Waals surface area contributed by atoms with Crippen molar-refractivity contribution in [1.29, 1.82) is 0 Å². The van der Waals surface area contributed by atoms with E-state index in [9.17, 15) is 15.3 Å². The maximum Gasteiger partial charge on any atom is 0.165 e. The van der Waals surface area contributed by atoms with Gasteiger partial charge in [-0.1, -0.05) is 18.2 Å². The molecule has 0 amide bonds. The smallest absolute Gasteiger partial charge is 0.165 e. The Morgan fingerprint density at radius 1 is 0.706 bits per heavy atom. The van der Waals surface area contributed by atoms with E-state index in [2.05, 4.69) is 0 Å². The third-order valence-electron chi connectivity index (χ3n) is 3.06. The number of hydrogen-bond donors (Lipinski definition) is 3. The van der Waals surface area contributed by atoms with Gasteiger partial charge in [-0.05, 0) is 42.7 Å². The summed E-state index contributed by atoms with van der Waals surface area (Å²) >= 11 is 0. The summed E-state index contributed by atoms with van der Waals surface area (Å²) in [5, 5.41) is 28.9. The lowest BCUT2D eigenvalue weighted by Crippen LogP contribution is -1.88. The summed E-state index contributed by atoms with van der Waals surface area (Å²) in [4.78, 5) is 0. The minimum atomic E-state index is -0.146. The molecule has 17 heavy (non-hydrogen) atoms. The second-order valence-electron chi connectivity index (χ2n) is 4.06. The molecule has 3 nitrogen and oxygen atoms in total. The number of hydrogen-bond acceptors (Lipinski definition) is 3. The minimum Gasteiger partial charge on any atom is -0.508 e.